The maximum atomic E-state index is 11.4. The second-order valence-electron chi connectivity index (χ2n) is 4.98. The van der Waals surface area contributed by atoms with E-state index in [1.807, 2.05) is 0 Å². The van der Waals surface area contributed by atoms with E-state index in [9.17, 15) is 9.59 Å². The Bertz CT molecular complexity index is 237. The molecule has 0 aromatic heterocycles. The van der Waals surface area contributed by atoms with E-state index in [1.165, 1.54) is 0 Å². The first-order valence-corrected chi connectivity index (χ1v) is 5.08. The topological polar surface area (TPSA) is 63.6 Å². The van der Waals surface area contributed by atoms with E-state index < -0.39 is 23.5 Å². The van der Waals surface area contributed by atoms with Crippen LogP contribution in [0.4, 0.5) is 0 Å². The molecule has 0 saturated heterocycles. The molecule has 0 heterocycles. The van der Waals surface area contributed by atoms with Crippen molar-refractivity contribution in [2.24, 2.45) is 11.8 Å². The van der Waals surface area contributed by atoms with E-state index >= 15 is 0 Å². The Morgan fingerprint density at radius 2 is 1.73 bits per heavy atom. The van der Waals surface area contributed by atoms with Gasteiger partial charge >= 0.3 is 11.9 Å². The van der Waals surface area contributed by atoms with Crippen LogP contribution in [-0.2, 0) is 14.3 Å². The van der Waals surface area contributed by atoms with Crippen molar-refractivity contribution in [3.05, 3.63) is 0 Å². The smallest absolute Gasteiger partial charge is 0.307 e. The lowest BCUT2D eigenvalue weighted by molar-refractivity contribution is -0.160. The first-order valence-electron chi connectivity index (χ1n) is 5.08. The van der Waals surface area contributed by atoms with Gasteiger partial charge in [0.15, 0.2) is 0 Å². The Morgan fingerprint density at radius 1 is 1.27 bits per heavy atom. The highest BCUT2D eigenvalue weighted by Crippen LogP contribution is 2.18. The molecule has 15 heavy (non-hydrogen) atoms. The fraction of sp³-hybridized carbons (Fsp3) is 0.818. The molecular formula is C11H20O4. The third-order valence-electron chi connectivity index (χ3n) is 1.93. The number of esters is 1. The Kier molecular flexibility index (Phi) is 4.78. The minimum atomic E-state index is -0.948. The molecule has 0 aromatic carbocycles. The molecule has 4 heteroatoms. The molecule has 0 aliphatic rings. The van der Waals surface area contributed by atoms with Crippen molar-refractivity contribution in [2.45, 2.75) is 46.6 Å². The van der Waals surface area contributed by atoms with E-state index in [1.54, 1.807) is 34.6 Å². The third kappa shape index (κ3) is 6.10. The first kappa shape index (κ1) is 13.9. The lowest BCUT2D eigenvalue weighted by Gasteiger charge is -2.22. The van der Waals surface area contributed by atoms with Gasteiger partial charge < -0.3 is 9.84 Å². The van der Waals surface area contributed by atoms with E-state index in [4.69, 9.17) is 9.84 Å². The highest BCUT2D eigenvalue weighted by atomic mass is 16.6. The van der Waals surface area contributed by atoms with Crippen LogP contribution < -0.4 is 0 Å². The molecule has 1 N–H and O–H groups in total. The largest absolute Gasteiger partial charge is 0.481 e. The van der Waals surface area contributed by atoms with E-state index in [0.29, 0.717) is 0 Å². The van der Waals surface area contributed by atoms with Crippen LogP contribution in [0.25, 0.3) is 0 Å². The average Bonchev–Trinajstić information content (AvgIpc) is 1.95. The number of hydrogen-bond donors (Lipinski definition) is 1. The van der Waals surface area contributed by atoms with E-state index in [0.717, 1.165) is 0 Å². The predicted molar refractivity (Wildman–Crippen MR) is 56.4 cm³/mol. The summed E-state index contributed by atoms with van der Waals surface area (Å²) in [6.07, 6.45) is -0.0652. The Hall–Kier alpha value is -1.06. The molecule has 0 amide bonds. The van der Waals surface area contributed by atoms with E-state index in [2.05, 4.69) is 0 Å². The van der Waals surface area contributed by atoms with Crippen molar-refractivity contribution in [3.8, 4) is 0 Å². The van der Waals surface area contributed by atoms with Gasteiger partial charge in [-0.3, -0.25) is 9.59 Å². The highest BCUT2D eigenvalue weighted by Gasteiger charge is 2.27. The number of carbonyl (C=O) groups is 2. The average molecular weight is 216 g/mol. The summed E-state index contributed by atoms with van der Waals surface area (Å²) < 4.78 is 5.07. The van der Waals surface area contributed by atoms with Crippen LogP contribution in [0.3, 0.4) is 0 Å². The lowest BCUT2D eigenvalue weighted by Crippen LogP contribution is -2.29. The number of carbonyl (C=O) groups excluding carboxylic acids is 1. The van der Waals surface area contributed by atoms with Gasteiger partial charge in [-0.25, -0.2) is 0 Å². The molecule has 0 aliphatic carbocycles. The summed E-state index contributed by atoms with van der Waals surface area (Å²) in [7, 11) is 0. The molecule has 0 saturated carbocycles. The number of aliphatic carboxylic acids is 1. The zero-order valence-electron chi connectivity index (χ0n) is 10.0. The number of ether oxygens (including phenoxy) is 1. The predicted octanol–water partition coefficient (Wildman–Crippen LogP) is 2.07. The maximum absolute atomic E-state index is 11.4. The second-order valence-corrected chi connectivity index (χ2v) is 4.98. The summed E-state index contributed by atoms with van der Waals surface area (Å²) >= 11 is 0. The van der Waals surface area contributed by atoms with Gasteiger partial charge in [0.25, 0.3) is 0 Å². The van der Waals surface area contributed by atoms with Crippen LogP contribution in [0.2, 0.25) is 0 Å². The number of carboxylic acid groups (broad SMARTS) is 1. The van der Waals surface area contributed by atoms with Crippen molar-refractivity contribution in [1.29, 1.82) is 0 Å². The van der Waals surface area contributed by atoms with Gasteiger partial charge in [-0.1, -0.05) is 13.8 Å². The Balaban J connectivity index is 4.31. The van der Waals surface area contributed by atoms with Crippen LogP contribution in [0.15, 0.2) is 0 Å². The minimum absolute atomic E-state index is 0.0652. The lowest BCUT2D eigenvalue weighted by atomic mass is 9.93. The molecule has 0 fully saturated rings. The van der Waals surface area contributed by atoms with Gasteiger partial charge in [0.05, 0.1) is 12.3 Å². The number of rotatable bonds is 4. The molecule has 0 spiro atoms. The number of carboxylic acids is 1. The third-order valence-corrected chi connectivity index (χ3v) is 1.93. The molecule has 0 bridgehead atoms. The van der Waals surface area contributed by atoms with Crippen molar-refractivity contribution in [1.82, 2.24) is 0 Å². The Labute approximate surface area is 90.6 Å². The summed E-state index contributed by atoms with van der Waals surface area (Å²) in [5, 5.41) is 8.88. The van der Waals surface area contributed by atoms with Gasteiger partial charge in [0, 0.05) is 0 Å². The summed E-state index contributed by atoms with van der Waals surface area (Å²) in [4.78, 5) is 22.2. The van der Waals surface area contributed by atoms with Crippen LogP contribution >= 0.6 is 0 Å². The maximum Gasteiger partial charge on any atom is 0.307 e. The Morgan fingerprint density at radius 3 is 2.00 bits per heavy atom. The zero-order valence-corrected chi connectivity index (χ0v) is 10.0. The van der Waals surface area contributed by atoms with Gasteiger partial charge in [-0.2, -0.15) is 0 Å². The van der Waals surface area contributed by atoms with Crippen molar-refractivity contribution in [3.63, 3.8) is 0 Å². The fourth-order valence-corrected chi connectivity index (χ4v) is 1.17. The van der Waals surface area contributed by atoms with Crippen molar-refractivity contribution < 1.29 is 19.4 Å². The van der Waals surface area contributed by atoms with Gasteiger partial charge in [0.2, 0.25) is 0 Å². The molecule has 0 rings (SSSR count). The van der Waals surface area contributed by atoms with Crippen molar-refractivity contribution in [2.75, 3.05) is 0 Å². The molecule has 88 valence electrons. The molecule has 1 atom stereocenters. The summed E-state index contributed by atoms with van der Waals surface area (Å²) in [5.74, 6) is -2.14. The quantitative estimate of drug-likeness (QED) is 0.731. The van der Waals surface area contributed by atoms with Gasteiger partial charge in [-0.15, -0.1) is 0 Å². The van der Waals surface area contributed by atoms with Crippen LogP contribution in [0.1, 0.15) is 41.0 Å². The van der Waals surface area contributed by atoms with Gasteiger partial charge in [-0.05, 0) is 26.7 Å². The monoisotopic (exact) mass is 216 g/mol. The van der Waals surface area contributed by atoms with Crippen LogP contribution in [0, 0.1) is 11.8 Å². The standard InChI is InChI=1S/C11H20O4/c1-7(2)8(10(13)14)6-9(12)15-11(3,4)5/h7-8H,6H2,1-5H3,(H,13,14)/t8-/m1/s1. The molecule has 0 aliphatic heterocycles. The SMILES string of the molecule is CC(C)[C@@H](CC(=O)OC(C)(C)C)C(=O)O. The summed E-state index contributed by atoms with van der Waals surface area (Å²) in [6, 6.07) is 0. The first-order chi connectivity index (χ1) is 6.63. The van der Waals surface area contributed by atoms with Crippen LogP contribution in [0.5, 0.6) is 0 Å². The van der Waals surface area contributed by atoms with E-state index in [-0.39, 0.29) is 12.3 Å². The zero-order chi connectivity index (χ0) is 12.2. The summed E-state index contributed by atoms with van der Waals surface area (Å²) in [6.45, 7) is 8.84. The second kappa shape index (κ2) is 5.14. The molecule has 0 unspecified atom stereocenters. The molecule has 0 aromatic rings. The van der Waals surface area contributed by atoms with Crippen LogP contribution in [-0.4, -0.2) is 22.6 Å². The fourth-order valence-electron chi connectivity index (χ4n) is 1.17. The number of hydrogen-bond acceptors (Lipinski definition) is 3. The highest BCUT2D eigenvalue weighted by molar-refractivity contribution is 5.79. The van der Waals surface area contributed by atoms with Crippen molar-refractivity contribution >= 4 is 11.9 Å². The minimum Gasteiger partial charge on any atom is -0.481 e. The molecular weight excluding hydrogens is 196 g/mol. The summed E-state index contributed by atoms with van der Waals surface area (Å²) in [5.41, 5.74) is -0.558. The van der Waals surface area contributed by atoms with Gasteiger partial charge in [0.1, 0.15) is 5.60 Å². The normalized spacial score (nSPS) is 13.7. The molecule has 0 radical (unpaired) electrons. The molecule has 4 nitrogen and oxygen atoms in total.